The zero-order chi connectivity index (χ0) is 18.4. The molecule has 134 valence electrons. The van der Waals surface area contributed by atoms with Crippen molar-refractivity contribution in [2.45, 2.75) is 31.6 Å². The van der Waals surface area contributed by atoms with Crippen molar-refractivity contribution in [2.24, 2.45) is 0 Å². The van der Waals surface area contributed by atoms with Crippen molar-refractivity contribution < 1.29 is 17.9 Å². The van der Waals surface area contributed by atoms with E-state index in [1.165, 1.54) is 48.1 Å². The molecule has 0 unspecified atom stereocenters. The lowest BCUT2D eigenvalue weighted by Crippen LogP contribution is -2.25. The lowest BCUT2D eigenvalue weighted by Gasteiger charge is -2.09. The third kappa shape index (κ3) is 5.14. The van der Waals surface area contributed by atoms with Crippen LogP contribution in [0.4, 0.5) is 0 Å². The van der Waals surface area contributed by atoms with Crippen LogP contribution in [0, 0.1) is 13.8 Å². The van der Waals surface area contributed by atoms with Crippen LogP contribution in [0.25, 0.3) is 0 Å². The summed E-state index contributed by atoms with van der Waals surface area (Å²) in [5.41, 5.74) is 3.86. The summed E-state index contributed by atoms with van der Waals surface area (Å²) in [4.78, 5) is 11.6. The van der Waals surface area contributed by atoms with Crippen molar-refractivity contribution >= 4 is 16.0 Å². The predicted octanol–water partition coefficient (Wildman–Crippen LogP) is 3.00. The van der Waals surface area contributed by atoms with E-state index in [-0.39, 0.29) is 10.5 Å². The fourth-order valence-electron chi connectivity index (χ4n) is 2.60. The molecular formula is C19H23NO4S. The standard InChI is InChI=1S/C19H23NO4S/c1-14-9-10-16(15(2)12-14)7-5-11-20-25(22,23)18-8-4-6-17(13-18)19(21)24-3/h4,6,8-10,12-13,20H,5,7,11H2,1-3H3. The van der Waals surface area contributed by atoms with Crippen molar-refractivity contribution in [3.05, 3.63) is 64.7 Å². The molecule has 0 amide bonds. The molecule has 0 bridgehead atoms. The number of methoxy groups -OCH3 is 1. The Labute approximate surface area is 149 Å². The highest BCUT2D eigenvalue weighted by molar-refractivity contribution is 7.89. The number of carbonyl (C=O) groups is 1. The largest absolute Gasteiger partial charge is 0.465 e. The molecule has 6 heteroatoms. The number of hydrogen-bond donors (Lipinski definition) is 1. The van der Waals surface area contributed by atoms with Gasteiger partial charge in [0.25, 0.3) is 0 Å². The predicted molar refractivity (Wildman–Crippen MR) is 97.2 cm³/mol. The number of rotatable bonds is 7. The second kappa shape index (κ2) is 8.27. The van der Waals surface area contributed by atoms with Crippen LogP contribution in [0.1, 0.15) is 33.5 Å². The average molecular weight is 361 g/mol. The van der Waals surface area contributed by atoms with Gasteiger partial charge in [-0.05, 0) is 56.0 Å². The molecule has 0 heterocycles. The molecule has 0 aliphatic heterocycles. The maximum Gasteiger partial charge on any atom is 0.337 e. The zero-order valence-electron chi connectivity index (χ0n) is 14.7. The van der Waals surface area contributed by atoms with Crippen molar-refractivity contribution in [3.8, 4) is 0 Å². The molecule has 0 aromatic heterocycles. The third-order valence-electron chi connectivity index (χ3n) is 3.98. The van der Waals surface area contributed by atoms with E-state index in [1.807, 2.05) is 6.92 Å². The smallest absolute Gasteiger partial charge is 0.337 e. The summed E-state index contributed by atoms with van der Waals surface area (Å²) in [6, 6.07) is 12.1. The first-order valence-corrected chi connectivity index (χ1v) is 9.56. The van der Waals surface area contributed by atoms with Gasteiger partial charge in [0.05, 0.1) is 17.6 Å². The van der Waals surface area contributed by atoms with Crippen molar-refractivity contribution in [3.63, 3.8) is 0 Å². The molecule has 5 nitrogen and oxygen atoms in total. The lowest BCUT2D eigenvalue weighted by atomic mass is 10.0. The summed E-state index contributed by atoms with van der Waals surface area (Å²) in [5.74, 6) is -0.563. The van der Waals surface area contributed by atoms with E-state index in [0.29, 0.717) is 13.0 Å². The van der Waals surface area contributed by atoms with Crippen LogP contribution in [0.15, 0.2) is 47.4 Å². The van der Waals surface area contributed by atoms with Crippen LogP contribution in [-0.4, -0.2) is 28.0 Å². The molecule has 0 aliphatic rings. The number of nitrogens with one attached hydrogen (secondary N) is 1. The summed E-state index contributed by atoms with van der Waals surface area (Å²) in [6.45, 7) is 4.44. The van der Waals surface area contributed by atoms with Gasteiger partial charge in [0, 0.05) is 6.54 Å². The molecule has 2 rings (SSSR count). The van der Waals surface area contributed by atoms with E-state index < -0.39 is 16.0 Å². The van der Waals surface area contributed by atoms with Gasteiger partial charge in [-0.1, -0.05) is 29.8 Å². The second-order valence-corrected chi connectivity index (χ2v) is 7.72. The summed E-state index contributed by atoms with van der Waals surface area (Å²) in [7, 11) is -2.39. The van der Waals surface area contributed by atoms with Gasteiger partial charge >= 0.3 is 5.97 Å². The maximum absolute atomic E-state index is 12.4. The highest BCUT2D eigenvalue weighted by atomic mass is 32.2. The third-order valence-corrected chi connectivity index (χ3v) is 5.44. The van der Waals surface area contributed by atoms with Crippen LogP contribution in [0.3, 0.4) is 0 Å². The molecule has 0 spiro atoms. The topological polar surface area (TPSA) is 72.5 Å². The van der Waals surface area contributed by atoms with Gasteiger partial charge < -0.3 is 4.74 Å². The average Bonchev–Trinajstić information content (AvgIpc) is 2.59. The van der Waals surface area contributed by atoms with E-state index >= 15 is 0 Å². The molecule has 0 saturated heterocycles. The number of hydrogen-bond acceptors (Lipinski definition) is 4. The summed E-state index contributed by atoms with van der Waals surface area (Å²) >= 11 is 0. The van der Waals surface area contributed by atoms with E-state index in [1.54, 1.807) is 0 Å². The monoisotopic (exact) mass is 361 g/mol. The number of carbonyl (C=O) groups excluding carboxylic acids is 1. The number of aryl methyl sites for hydroxylation is 3. The second-order valence-electron chi connectivity index (χ2n) is 5.95. The van der Waals surface area contributed by atoms with Gasteiger partial charge in [0.1, 0.15) is 0 Å². The number of ether oxygens (including phenoxy) is 1. The first-order valence-electron chi connectivity index (χ1n) is 8.07. The van der Waals surface area contributed by atoms with Crippen LogP contribution < -0.4 is 4.72 Å². The van der Waals surface area contributed by atoms with Gasteiger partial charge in [0.15, 0.2) is 0 Å². The number of benzene rings is 2. The Kier molecular flexibility index (Phi) is 6.33. The van der Waals surface area contributed by atoms with E-state index in [4.69, 9.17) is 0 Å². The fourth-order valence-corrected chi connectivity index (χ4v) is 3.72. The molecule has 2 aromatic rings. The Bertz CT molecular complexity index is 859. The Hall–Kier alpha value is -2.18. The minimum absolute atomic E-state index is 0.0573. The fraction of sp³-hybridized carbons (Fsp3) is 0.316. The van der Waals surface area contributed by atoms with Gasteiger partial charge in [-0.2, -0.15) is 0 Å². The van der Waals surface area contributed by atoms with Crippen molar-refractivity contribution in [1.29, 1.82) is 0 Å². The molecule has 2 aromatic carbocycles. The Morgan fingerprint density at radius 2 is 1.88 bits per heavy atom. The minimum Gasteiger partial charge on any atom is -0.465 e. The molecule has 0 radical (unpaired) electrons. The van der Waals surface area contributed by atoms with Crippen LogP contribution >= 0.6 is 0 Å². The molecular weight excluding hydrogens is 338 g/mol. The first-order chi connectivity index (χ1) is 11.8. The van der Waals surface area contributed by atoms with Gasteiger partial charge in [-0.25, -0.2) is 17.9 Å². The summed E-state index contributed by atoms with van der Waals surface area (Å²) in [6.07, 6.45) is 1.50. The molecule has 0 saturated carbocycles. The SMILES string of the molecule is COC(=O)c1cccc(S(=O)(=O)NCCCc2ccc(C)cc2C)c1. The van der Waals surface area contributed by atoms with Crippen LogP contribution in [0.5, 0.6) is 0 Å². The van der Waals surface area contributed by atoms with Gasteiger partial charge in [-0.15, -0.1) is 0 Å². The van der Waals surface area contributed by atoms with Crippen molar-refractivity contribution in [2.75, 3.05) is 13.7 Å². The van der Waals surface area contributed by atoms with E-state index in [9.17, 15) is 13.2 Å². The Balaban J connectivity index is 1.96. The normalized spacial score (nSPS) is 11.3. The Morgan fingerprint density at radius 3 is 2.56 bits per heavy atom. The highest BCUT2D eigenvalue weighted by Crippen LogP contribution is 2.14. The van der Waals surface area contributed by atoms with E-state index in [0.717, 1.165) is 6.42 Å². The quantitative estimate of drug-likeness (QED) is 0.608. The zero-order valence-corrected chi connectivity index (χ0v) is 15.5. The Morgan fingerprint density at radius 1 is 1.12 bits per heavy atom. The van der Waals surface area contributed by atoms with Gasteiger partial charge in [-0.3, -0.25) is 0 Å². The van der Waals surface area contributed by atoms with E-state index in [2.05, 4.69) is 34.6 Å². The molecule has 0 atom stereocenters. The first kappa shape index (κ1) is 19.1. The number of esters is 1. The number of sulfonamides is 1. The van der Waals surface area contributed by atoms with Crippen molar-refractivity contribution in [1.82, 2.24) is 4.72 Å². The summed E-state index contributed by atoms with van der Waals surface area (Å²) in [5, 5.41) is 0. The van der Waals surface area contributed by atoms with Crippen LogP contribution in [0.2, 0.25) is 0 Å². The lowest BCUT2D eigenvalue weighted by molar-refractivity contribution is 0.0600. The maximum atomic E-state index is 12.4. The van der Waals surface area contributed by atoms with Gasteiger partial charge in [0.2, 0.25) is 10.0 Å². The summed E-state index contributed by atoms with van der Waals surface area (Å²) < 4.78 is 31.9. The molecule has 0 aliphatic carbocycles. The highest BCUT2D eigenvalue weighted by Gasteiger charge is 2.16. The van der Waals surface area contributed by atoms with Crippen LogP contribution in [-0.2, 0) is 21.2 Å². The molecule has 0 fully saturated rings. The molecule has 1 N–H and O–H groups in total. The minimum atomic E-state index is -3.65. The molecule has 25 heavy (non-hydrogen) atoms.